The zero-order chi connectivity index (χ0) is 49.4. The summed E-state index contributed by atoms with van der Waals surface area (Å²) in [6.45, 7) is 0. The Hall–Kier alpha value is -9.62. The van der Waals surface area contributed by atoms with E-state index in [1.807, 2.05) is 0 Å². The maximum atomic E-state index is 2.45. The molecule has 0 aromatic heterocycles. The fourth-order valence-electron chi connectivity index (χ4n) is 12.7. The van der Waals surface area contributed by atoms with Gasteiger partial charge in [-0.25, -0.2) is 0 Å². The molecule has 14 aromatic carbocycles. The first-order chi connectivity index (χ1) is 37.2. The highest BCUT2D eigenvalue weighted by molar-refractivity contribution is 6.39. The van der Waals surface area contributed by atoms with Crippen LogP contribution in [0.15, 0.2) is 273 Å². The predicted molar refractivity (Wildman–Crippen MR) is 320 cm³/mol. The van der Waals surface area contributed by atoms with Crippen molar-refractivity contribution >= 4 is 65.5 Å². The molecule has 348 valence electrons. The molecular formula is C75H48. The third-order valence-electron chi connectivity index (χ3n) is 16.0. The van der Waals surface area contributed by atoms with Gasteiger partial charge in [0, 0.05) is 0 Å². The lowest BCUT2D eigenvalue weighted by Crippen LogP contribution is -1.99. The van der Waals surface area contributed by atoms with E-state index in [-0.39, 0.29) is 0 Å². The SMILES string of the molecule is C(=C(c1ccccc1)c1ccc(-c2ccccc2)cc1Cc1ccccc1)c1ccc2c3ccc4c5c(ccc(c6cccc1c62)c53)-c1c-4c(-c2ccccc2)c2ccc(-c3ccccc3)cc2c1-c1ccccc1. The summed E-state index contributed by atoms with van der Waals surface area (Å²) in [7, 11) is 0. The van der Waals surface area contributed by atoms with Crippen LogP contribution in [0.2, 0.25) is 0 Å². The van der Waals surface area contributed by atoms with Gasteiger partial charge in [0.1, 0.15) is 0 Å². The second-order valence-corrected chi connectivity index (χ2v) is 20.2. The van der Waals surface area contributed by atoms with Gasteiger partial charge in [0.05, 0.1) is 0 Å². The second-order valence-electron chi connectivity index (χ2n) is 20.2. The van der Waals surface area contributed by atoms with Gasteiger partial charge in [-0.2, -0.15) is 0 Å². The molecule has 0 saturated carbocycles. The molecule has 0 spiro atoms. The van der Waals surface area contributed by atoms with Gasteiger partial charge in [-0.05, 0) is 173 Å². The molecule has 0 unspecified atom stereocenters. The third-order valence-corrected chi connectivity index (χ3v) is 16.0. The van der Waals surface area contributed by atoms with Crippen molar-refractivity contribution in [2.45, 2.75) is 6.42 Å². The summed E-state index contributed by atoms with van der Waals surface area (Å²) < 4.78 is 0. The first-order valence-electron chi connectivity index (χ1n) is 26.2. The summed E-state index contributed by atoms with van der Waals surface area (Å²) >= 11 is 0. The van der Waals surface area contributed by atoms with Crippen LogP contribution >= 0.6 is 0 Å². The van der Waals surface area contributed by atoms with Gasteiger partial charge < -0.3 is 0 Å². The molecule has 0 fully saturated rings. The van der Waals surface area contributed by atoms with Crippen LogP contribution in [-0.4, -0.2) is 0 Å². The summed E-state index contributed by atoms with van der Waals surface area (Å²) in [6.07, 6.45) is 3.28. The monoisotopic (exact) mass is 948 g/mol. The molecule has 0 amide bonds. The maximum Gasteiger partial charge on any atom is -0.000740 e. The molecular weight excluding hydrogens is 901 g/mol. The molecule has 0 N–H and O–H groups in total. The largest absolute Gasteiger partial charge is 0.0622 e. The Bertz CT molecular complexity index is 4510. The van der Waals surface area contributed by atoms with Gasteiger partial charge in [0.15, 0.2) is 0 Å². The summed E-state index contributed by atoms with van der Waals surface area (Å²) in [5, 5.41) is 12.9. The van der Waals surface area contributed by atoms with E-state index in [0.29, 0.717) is 0 Å². The van der Waals surface area contributed by atoms with E-state index in [2.05, 4.69) is 279 Å². The highest BCUT2D eigenvalue weighted by atomic mass is 14.3. The minimum absolute atomic E-state index is 0.823. The molecule has 0 saturated heterocycles. The standard InChI is InChI=1S/C75H48/c1-7-20-48(21-8-1)44-57-45-54(49-22-9-2-10-23-49)34-37-58(57)67(51-26-13-4-14-27-51)47-56-36-39-61-63-41-43-65-73-66(42-40-62(72(63)73)60-33-19-32-59(56)71(60)61)75-70(53-30-17-6-18-31-53)68-46-55(50-24-11-3-12-25-50)35-38-64(68)69(74(65)75)52-28-15-5-16-29-52/h1-43,45-47H,44H2. The Morgan fingerprint density at radius 1 is 0.280 bits per heavy atom. The Balaban J connectivity index is 0.976. The van der Waals surface area contributed by atoms with Crippen LogP contribution in [0.1, 0.15) is 27.8 Å². The lowest BCUT2D eigenvalue weighted by Gasteiger charge is -2.21. The van der Waals surface area contributed by atoms with Crippen LogP contribution in [0, 0.1) is 0 Å². The van der Waals surface area contributed by atoms with Crippen molar-refractivity contribution in [3.63, 3.8) is 0 Å². The second kappa shape index (κ2) is 17.6. The quantitative estimate of drug-likeness (QED) is 0.0768. The minimum atomic E-state index is 0.823. The van der Waals surface area contributed by atoms with Gasteiger partial charge in [0.2, 0.25) is 0 Å². The van der Waals surface area contributed by atoms with Crippen LogP contribution in [0.25, 0.3) is 132 Å². The smallest absolute Gasteiger partial charge is 0.000740 e. The summed E-state index contributed by atoms with van der Waals surface area (Å²) in [4.78, 5) is 0. The Kier molecular flexibility index (Phi) is 10.1. The molecule has 1 aliphatic carbocycles. The van der Waals surface area contributed by atoms with E-state index >= 15 is 0 Å². The molecule has 14 aromatic rings. The number of hydrogen-bond donors (Lipinski definition) is 0. The first-order valence-corrected chi connectivity index (χ1v) is 26.2. The van der Waals surface area contributed by atoms with Crippen LogP contribution in [-0.2, 0) is 6.42 Å². The van der Waals surface area contributed by atoms with Crippen molar-refractivity contribution < 1.29 is 0 Å². The normalized spacial score (nSPS) is 12.1. The van der Waals surface area contributed by atoms with Crippen molar-refractivity contribution in [1.29, 1.82) is 0 Å². The van der Waals surface area contributed by atoms with Gasteiger partial charge >= 0.3 is 0 Å². The van der Waals surface area contributed by atoms with E-state index < -0.39 is 0 Å². The van der Waals surface area contributed by atoms with Crippen molar-refractivity contribution in [1.82, 2.24) is 0 Å². The zero-order valence-corrected chi connectivity index (χ0v) is 41.3. The summed E-state index contributed by atoms with van der Waals surface area (Å²) in [6, 6.07) is 101. The molecule has 0 heterocycles. The van der Waals surface area contributed by atoms with Crippen LogP contribution in [0.3, 0.4) is 0 Å². The Labute approximate surface area is 437 Å². The molecule has 0 aliphatic heterocycles. The molecule has 0 radical (unpaired) electrons. The fraction of sp³-hybridized carbons (Fsp3) is 0.0133. The van der Waals surface area contributed by atoms with E-state index in [1.54, 1.807) is 0 Å². The molecule has 0 nitrogen and oxygen atoms in total. The summed E-state index contributed by atoms with van der Waals surface area (Å²) in [5.41, 5.74) is 22.6. The van der Waals surface area contributed by atoms with Crippen molar-refractivity contribution in [2.75, 3.05) is 0 Å². The molecule has 75 heavy (non-hydrogen) atoms. The lowest BCUT2D eigenvalue weighted by atomic mass is 9.82. The highest BCUT2D eigenvalue weighted by Gasteiger charge is 2.32. The molecule has 1 aliphatic rings. The summed E-state index contributed by atoms with van der Waals surface area (Å²) in [5.74, 6) is 0. The van der Waals surface area contributed by atoms with E-state index in [0.717, 1.165) is 6.42 Å². The number of hydrogen-bond acceptors (Lipinski definition) is 0. The van der Waals surface area contributed by atoms with Gasteiger partial charge in [0.25, 0.3) is 0 Å². The zero-order valence-electron chi connectivity index (χ0n) is 41.3. The molecule has 15 rings (SSSR count). The molecule has 0 bridgehead atoms. The van der Waals surface area contributed by atoms with Crippen LogP contribution in [0.5, 0.6) is 0 Å². The average Bonchev–Trinajstić information content (AvgIpc) is 3.83. The van der Waals surface area contributed by atoms with E-state index in [1.165, 1.54) is 154 Å². The van der Waals surface area contributed by atoms with Crippen molar-refractivity contribution in [3.05, 3.63) is 301 Å². The Morgan fingerprint density at radius 3 is 1.36 bits per heavy atom. The fourth-order valence-corrected chi connectivity index (χ4v) is 12.7. The van der Waals surface area contributed by atoms with E-state index in [9.17, 15) is 0 Å². The highest BCUT2D eigenvalue weighted by Crippen LogP contribution is 2.60. The number of rotatable bonds is 9. The van der Waals surface area contributed by atoms with Crippen molar-refractivity contribution in [3.8, 4) is 66.8 Å². The van der Waals surface area contributed by atoms with Crippen molar-refractivity contribution in [2.24, 2.45) is 0 Å². The first kappa shape index (κ1) is 43.0. The van der Waals surface area contributed by atoms with Crippen LogP contribution < -0.4 is 0 Å². The van der Waals surface area contributed by atoms with Gasteiger partial charge in [-0.3, -0.25) is 0 Å². The van der Waals surface area contributed by atoms with Gasteiger partial charge in [-0.1, -0.05) is 267 Å². The molecule has 0 atom stereocenters. The maximum absolute atomic E-state index is 2.45. The molecule has 0 heteroatoms. The minimum Gasteiger partial charge on any atom is -0.0622 e. The topological polar surface area (TPSA) is 0 Å². The predicted octanol–water partition coefficient (Wildman–Crippen LogP) is 20.4. The van der Waals surface area contributed by atoms with Crippen LogP contribution in [0.4, 0.5) is 0 Å². The number of benzene rings is 14. The Morgan fingerprint density at radius 2 is 0.747 bits per heavy atom. The number of fused-ring (bicyclic) bond motifs is 6. The lowest BCUT2D eigenvalue weighted by molar-refractivity contribution is 1.18. The van der Waals surface area contributed by atoms with E-state index in [4.69, 9.17) is 0 Å². The van der Waals surface area contributed by atoms with Gasteiger partial charge in [-0.15, -0.1) is 0 Å². The third kappa shape index (κ3) is 6.99. The average molecular weight is 949 g/mol.